The third-order valence-corrected chi connectivity index (χ3v) is 1.31. The molecule has 0 saturated carbocycles. The number of halogens is 1. The highest BCUT2D eigenvalue weighted by molar-refractivity contribution is 9.09. The lowest BCUT2D eigenvalue weighted by atomic mass is 10.2. The summed E-state index contributed by atoms with van der Waals surface area (Å²) in [5, 5.41) is 3.57. The molecule has 0 fully saturated rings. The van der Waals surface area contributed by atoms with E-state index >= 15 is 0 Å². The summed E-state index contributed by atoms with van der Waals surface area (Å²) in [5.74, 6) is 0.221. The van der Waals surface area contributed by atoms with Crippen molar-refractivity contribution in [2.45, 2.75) is 13.8 Å². The number of hydrogen-bond donors (Lipinski definition) is 1. The Balaban J connectivity index is 3.28. The molecule has 0 heterocycles. The first-order chi connectivity index (χ1) is 4.18. The zero-order valence-corrected chi connectivity index (χ0v) is 7.36. The fourth-order valence-electron chi connectivity index (χ4n) is 0.375. The van der Waals surface area contributed by atoms with Gasteiger partial charge in [0.15, 0.2) is 0 Å². The summed E-state index contributed by atoms with van der Waals surface area (Å²) < 4.78 is 0. The number of carbonyl (C=O) groups excluding carboxylic acids is 1. The summed E-state index contributed by atoms with van der Waals surface area (Å²) in [5.41, 5.74) is 0. The van der Waals surface area contributed by atoms with E-state index in [9.17, 15) is 4.79 Å². The van der Waals surface area contributed by atoms with Gasteiger partial charge in [-0.25, -0.2) is 0 Å². The average molecular weight is 194 g/mol. The topological polar surface area (TPSA) is 29.1 Å². The molecule has 54 valence electrons. The Morgan fingerprint density at radius 1 is 1.67 bits per heavy atom. The number of hydrogen-bond acceptors (Lipinski definition) is 1. The molecule has 0 saturated heterocycles. The minimum atomic E-state index is 0.101. The first kappa shape index (κ1) is 8.95. The molecule has 0 aromatic rings. The molecule has 0 radical (unpaired) electrons. The van der Waals surface area contributed by atoms with Gasteiger partial charge in [0.1, 0.15) is 0 Å². The molecule has 2 nitrogen and oxygen atoms in total. The van der Waals surface area contributed by atoms with Gasteiger partial charge in [-0.3, -0.25) is 4.79 Å². The van der Waals surface area contributed by atoms with Crippen LogP contribution in [0, 0.1) is 5.92 Å². The largest absolute Gasteiger partial charge is 0.355 e. The highest BCUT2D eigenvalue weighted by atomic mass is 79.9. The lowest BCUT2D eigenvalue weighted by Gasteiger charge is -2.03. The first-order valence-electron chi connectivity index (χ1n) is 3.02. The van der Waals surface area contributed by atoms with Crippen LogP contribution in [-0.2, 0) is 4.79 Å². The third-order valence-electron chi connectivity index (χ3n) is 0.918. The quantitative estimate of drug-likeness (QED) is 0.671. The highest BCUT2D eigenvalue weighted by Crippen LogP contribution is 1.89. The zero-order valence-electron chi connectivity index (χ0n) is 5.78. The van der Waals surface area contributed by atoms with Crippen molar-refractivity contribution in [2.24, 2.45) is 5.92 Å². The summed E-state index contributed by atoms with van der Waals surface area (Å²) in [6.45, 7) is 4.48. The van der Waals surface area contributed by atoms with E-state index in [2.05, 4.69) is 21.2 Å². The molecule has 0 spiro atoms. The zero-order chi connectivity index (χ0) is 7.28. The van der Waals surface area contributed by atoms with Crippen LogP contribution in [0.25, 0.3) is 0 Å². The van der Waals surface area contributed by atoms with Crippen LogP contribution < -0.4 is 5.32 Å². The average Bonchev–Trinajstić information content (AvgIpc) is 1.82. The Bertz CT molecular complexity index is 93.1. The van der Waals surface area contributed by atoms with Gasteiger partial charge in [0.25, 0.3) is 0 Å². The monoisotopic (exact) mass is 193 g/mol. The molecule has 3 heteroatoms. The number of carbonyl (C=O) groups is 1. The van der Waals surface area contributed by atoms with E-state index in [1.54, 1.807) is 0 Å². The van der Waals surface area contributed by atoms with E-state index in [0.717, 1.165) is 11.9 Å². The van der Waals surface area contributed by atoms with E-state index in [1.165, 1.54) is 0 Å². The molecule has 0 aromatic heterocycles. The molecule has 0 aliphatic carbocycles. The molecule has 0 unspecified atom stereocenters. The Labute approximate surface area is 64.1 Å². The van der Waals surface area contributed by atoms with Gasteiger partial charge in [-0.05, 0) is 0 Å². The molecule has 0 aromatic carbocycles. The number of rotatable bonds is 3. The van der Waals surface area contributed by atoms with Crippen molar-refractivity contribution >= 4 is 21.8 Å². The summed E-state index contributed by atoms with van der Waals surface area (Å²) in [7, 11) is 0. The van der Waals surface area contributed by atoms with Gasteiger partial charge in [-0.15, -0.1) is 0 Å². The van der Waals surface area contributed by atoms with Crippen molar-refractivity contribution in [3.05, 3.63) is 0 Å². The summed E-state index contributed by atoms with van der Waals surface area (Å²) >= 11 is 3.21. The molecule has 0 aliphatic heterocycles. The van der Waals surface area contributed by atoms with Crippen LogP contribution in [-0.4, -0.2) is 17.8 Å². The van der Waals surface area contributed by atoms with E-state index < -0.39 is 0 Å². The highest BCUT2D eigenvalue weighted by Gasteiger charge is 2.03. The van der Waals surface area contributed by atoms with Crippen molar-refractivity contribution < 1.29 is 4.79 Å². The number of alkyl halides is 1. The maximum atomic E-state index is 10.8. The van der Waals surface area contributed by atoms with Gasteiger partial charge in [0.05, 0.1) is 0 Å². The van der Waals surface area contributed by atoms with Crippen molar-refractivity contribution in [3.8, 4) is 0 Å². The second-order valence-corrected chi connectivity index (χ2v) is 2.93. The van der Waals surface area contributed by atoms with Crippen molar-refractivity contribution in [1.82, 2.24) is 5.32 Å². The van der Waals surface area contributed by atoms with E-state index in [-0.39, 0.29) is 11.8 Å². The number of amides is 1. The van der Waals surface area contributed by atoms with Crippen LogP contribution in [0.2, 0.25) is 0 Å². The molecule has 0 rings (SSSR count). The summed E-state index contributed by atoms with van der Waals surface area (Å²) in [6.07, 6.45) is 0. The van der Waals surface area contributed by atoms with Crippen LogP contribution in [0.4, 0.5) is 0 Å². The van der Waals surface area contributed by atoms with Gasteiger partial charge < -0.3 is 5.32 Å². The molecular weight excluding hydrogens is 182 g/mol. The molecule has 0 aliphatic rings. The molecule has 9 heavy (non-hydrogen) atoms. The van der Waals surface area contributed by atoms with E-state index in [0.29, 0.717) is 0 Å². The van der Waals surface area contributed by atoms with Gasteiger partial charge >= 0.3 is 0 Å². The van der Waals surface area contributed by atoms with Crippen molar-refractivity contribution in [3.63, 3.8) is 0 Å². The smallest absolute Gasteiger partial charge is 0.222 e. The fraction of sp³-hybridized carbons (Fsp3) is 0.833. The second kappa shape index (κ2) is 4.79. The Morgan fingerprint density at radius 2 is 2.22 bits per heavy atom. The van der Waals surface area contributed by atoms with Gasteiger partial charge in [0.2, 0.25) is 5.91 Å². The van der Waals surface area contributed by atoms with Crippen molar-refractivity contribution in [1.29, 1.82) is 0 Å². The number of nitrogens with one attached hydrogen (secondary N) is 1. The maximum absolute atomic E-state index is 10.8. The molecule has 0 bridgehead atoms. The first-order valence-corrected chi connectivity index (χ1v) is 4.14. The van der Waals surface area contributed by atoms with Crippen LogP contribution in [0.1, 0.15) is 13.8 Å². The fourth-order valence-corrected chi connectivity index (χ4v) is 0.573. The molecule has 1 amide bonds. The second-order valence-electron chi connectivity index (χ2n) is 2.13. The van der Waals surface area contributed by atoms with Gasteiger partial charge in [-0.1, -0.05) is 29.8 Å². The van der Waals surface area contributed by atoms with Crippen LogP contribution in [0.3, 0.4) is 0 Å². The Hall–Kier alpha value is -0.0500. The normalized spacial score (nSPS) is 9.78. The maximum Gasteiger partial charge on any atom is 0.222 e. The Morgan fingerprint density at radius 3 is 2.56 bits per heavy atom. The van der Waals surface area contributed by atoms with Gasteiger partial charge in [-0.2, -0.15) is 0 Å². The van der Waals surface area contributed by atoms with Gasteiger partial charge in [0, 0.05) is 17.8 Å². The molecule has 0 atom stereocenters. The van der Waals surface area contributed by atoms with Crippen LogP contribution in [0.5, 0.6) is 0 Å². The van der Waals surface area contributed by atoms with Crippen LogP contribution in [0.15, 0.2) is 0 Å². The SMILES string of the molecule is CC(C)C(=O)NCCBr. The summed E-state index contributed by atoms with van der Waals surface area (Å²) in [6, 6.07) is 0. The predicted molar refractivity (Wildman–Crippen MR) is 41.6 cm³/mol. The van der Waals surface area contributed by atoms with Crippen LogP contribution >= 0.6 is 15.9 Å². The van der Waals surface area contributed by atoms with E-state index in [1.807, 2.05) is 13.8 Å². The van der Waals surface area contributed by atoms with E-state index in [4.69, 9.17) is 0 Å². The lowest BCUT2D eigenvalue weighted by molar-refractivity contribution is -0.123. The third kappa shape index (κ3) is 4.45. The summed E-state index contributed by atoms with van der Waals surface area (Å²) in [4.78, 5) is 10.8. The predicted octanol–water partition coefficient (Wildman–Crippen LogP) is 1.15. The minimum Gasteiger partial charge on any atom is -0.355 e. The standard InChI is InChI=1S/C6H12BrNO/c1-5(2)6(9)8-4-3-7/h5H,3-4H2,1-2H3,(H,8,9). The Kier molecular flexibility index (Phi) is 4.77. The molecule has 1 N–H and O–H groups in total. The lowest BCUT2D eigenvalue weighted by Crippen LogP contribution is -2.29. The van der Waals surface area contributed by atoms with Crippen molar-refractivity contribution in [2.75, 3.05) is 11.9 Å². The molecular formula is C6H12BrNO. The minimum absolute atomic E-state index is 0.101.